The fourth-order valence-electron chi connectivity index (χ4n) is 4.74. The van der Waals surface area contributed by atoms with Crippen LogP contribution in [0, 0.1) is 13.8 Å². The van der Waals surface area contributed by atoms with Gasteiger partial charge in [0.15, 0.2) is 11.5 Å². The van der Waals surface area contributed by atoms with Crippen molar-refractivity contribution in [3.63, 3.8) is 0 Å². The highest BCUT2D eigenvalue weighted by molar-refractivity contribution is 7.92. The second-order valence-corrected chi connectivity index (χ2v) is 12.2. The van der Waals surface area contributed by atoms with Crippen LogP contribution in [0.25, 0.3) is 0 Å². The molecule has 0 aliphatic carbocycles. The number of aryl methyl sites for hydroxylation is 2. The van der Waals surface area contributed by atoms with Gasteiger partial charge >= 0.3 is 0 Å². The monoisotopic (exact) mass is 609 g/mol. The first kappa shape index (κ1) is 33.5. The predicted molar refractivity (Wildman–Crippen MR) is 169 cm³/mol. The van der Waals surface area contributed by atoms with Crippen molar-refractivity contribution in [3.8, 4) is 11.5 Å². The van der Waals surface area contributed by atoms with Gasteiger partial charge in [0.2, 0.25) is 11.8 Å². The molecule has 0 fully saturated rings. The Kier molecular flexibility index (Phi) is 12.0. The maximum Gasteiger partial charge on any atom is 0.264 e. The molecule has 0 saturated heterocycles. The largest absolute Gasteiger partial charge is 0.493 e. The Bertz CT molecular complexity index is 1490. The van der Waals surface area contributed by atoms with E-state index in [2.05, 4.69) is 5.32 Å². The van der Waals surface area contributed by atoms with E-state index in [4.69, 9.17) is 9.47 Å². The van der Waals surface area contributed by atoms with E-state index in [9.17, 15) is 18.0 Å². The third-order valence-corrected chi connectivity index (χ3v) is 9.13. The summed E-state index contributed by atoms with van der Waals surface area (Å²) in [6.45, 7) is 7.88. The van der Waals surface area contributed by atoms with Gasteiger partial charge in [0.1, 0.15) is 12.6 Å². The molecule has 0 heterocycles. The fraction of sp³-hybridized carbons (Fsp3) is 0.394. The van der Waals surface area contributed by atoms with Crippen molar-refractivity contribution in [2.75, 3.05) is 31.6 Å². The highest BCUT2D eigenvalue weighted by Crippen LogP contribution is 2.32. The average Bonchev–Trinajstić information content (AvgIpc) is 3.00. The number of amides is 2. The number of anilines is 1. The zero-order chi connectivity index (χ0) is 31.6. The third kappa shape index (κ3) is 8.28. The number of rotatable bonds is 15. The van der Waals surface area contributed by atoms with Gasteiger partial charge in [-0.2, -0.15) is 0 Å². The maximum atomic E-state index is 14.2. The van der Waals surface area contributed by atoms with Crippen molar-refractivity contribution in [1.29, 1.82) is 0 Å². The van der Waals surface area contributed by atoms with Crippen molar-refractivity contribution in [2.45, 2.75) is 64.4 Å². The van der Waals surface area contributed by atoms with Gasteiger partial charge in [-0.25, -0.2) is 8.42 Å². The Morgan fingerprint density at radius 1 is 0.907 bits per heavy atom. The summed E-state index contributed by atoms with van der Waals surface area (Å²) >= 11 is 0. The Balaban J connectivity index is 2.08. The summed E-state index contributed by atoms with van der Waals surface area (Å²) in [5, 5.41) is 2.95. The molecular weight excluding hydrogens is 566 g/mol. The highest BCUT2D eigenvalue weighted by atomic mass is 32.2. The van der Waals surface area contributed by atoms with Gasteiger partial charge < -0.3 is 19.7 Å². The van der Waals surface area contributed by atoms with E-state index in [-0.39, 0.29) is 23.1 Å². The smallest absolute Gasteiger partial charge is 0.264 e. The first-order chi connectivity index (χ1) is 20.6. The molecule has 232 valence electrons. The van der Waals surface area contributed by atoms with Crippen LogP contribution in [0.1, 0.15) is 49.8 Å². The molecule has 10 heteroatoms. The van der Waals surface area contributed by atoms with Crippen LogP contribution in [-0.4, -0.2) is 58.5 Å². The zero-order valence-corrected chi connectivity index (χ0v) is 26.7. The molecule has 0 aliphatic rings. The number of carbonyl (C=O) groups excluding carboxylic acids is 2. The molecular formula is C33H43N3O6S. The second kappa shape index (κ2) is 15.4. The maximum absolute atomic E-state index is 14.2. The number of sulfonamides is 1. The SMILES string of the molecule is CCCCNC(=O)C(CC)N(Cc1ccccc1C)C(=O)CN(c1ccc(C)cc1)S(=O)(=O)c1ccc(OC)c(OC)c1. The number of unbranched alkanes of at least 4 members (excludes halogenated alkanes) is 1. The van der Waals surface area contributed by atoms with Gasteiger partial charge in [0.25, 0.3) is 10.0 Å². The second-order valence-electron chi connectivity index (χ2n) is 10.4. The van der Waals surface area contributed by atoms with Crippen molar-refractivity contribution < 1.29 is 27.5 Å². The number of benzene rings is 3. The summed E-state index contributed by atoms with van der Waals surface area (Å²) in [6.07, 6.45) is 2.10. The van der Waals surface area contributed by atoms with Crippen LogP contribution < -0.4 is 19.1 Å². The molecule has 0 aliphatic heterocycles. The molecule has 3 rings (SSSR count). The first-order valence-corrected chi connectivity index (χ1v) is 15.9. The van der Waals surface area contributed by atoms with Gasteiger partial charge in [-0.1, -0.05) is 62.2 Å². The lowest BCUT2D eigenvalue weighted by atomic mass is 10.1. The molecule has 0 spiro atoms. The van der Waals surface area contributed by atoms with E-state index >= 15 is 0 Å². The number of methoxy groups -OCH3 is 2. The van der Waals surface area contributed by atoms with Crippen LogP contribution in [0.2, 0.25) is 0 Å². The van der Waals surface area contributed by atoms with Crippen LogP contribution in [-0.2, 0) is 26.2 Å². The van der Waals surface area contributed by atoms with E-state index < -0.39 is 28.5 Å². The number of carbonyl (C=O) groups is 2. The molecule has 0 radical (unpaired) electrons. The third-order valence-electron chi connectivity index (χ3n) is 7.36. The van der Waals surface area contributed by atoms with Gasteiger partial charge in [0.05, 0.1) is 24.8 Å². The van der Waals surface area contributed by atoms with Gasteiger partial charge in [-0.15, -0.1) is 0 Å². The summed E-state index contributed by atoms with van der Waals surface area (Å²) in [4.78, 5) is 29.0. The summed E-state index contributed by atoms with van der Waals surface area (Å²) in [5.41, 5.74) is 3.11. The Morgan fingerprint density at radius 2 is 1.58 bits per heavy atom. The number of hydrogen-bond acceptors (Lipinski definition) is 6. The van der Waals surface area contributed by atoms with Gasteiger partial charge in [0, 0.05) is 19.2 Å². The Hall–Kier alpha value is -4.05. The van der Waals surface area contributed by atoms with Crippen molar-refractivity contribution in [3.05, 3.63) is 83.4 Å². The van der Waals surface area contributed by atoms with Crippen LogP contribution in [0.5, 0.6) is 11.5 Å². The molecule has 2 amide bonds. The Morgan fingerprint density at radius 3 is 2.19 bits per heavy atom. The molecule has 9 nitrogen and oxygen atoms in total. The minimum Gasteiger partial charge on any atom is -0.493 e. The average molecular weight is 610 g/mol. The molecule has 0 saturated carbocycles. The van der Waals surface area contributed by atoms with E-state index in [0.29, 0.717) is 24.4 Å². The summed E-state index contributed by atoms with van der Waals surface area (Å²) in [5.74, 6) is -0.133. The molecule has 1 unspecified atom stereocenters. The minimum atomic E-state index is -4.25. The summed E-state index contributed by atoms with van der Waals surface area (Å²) < 4.78 is 40.1. The normalized spacial score (nSPS) is 11.9. The first-order valence-electron chi connectivity index (χ1n) is 14.5. The lowest BCUT2D eigenvalue weighted by molar-refractivity contribution is -0.140. The molecule has 3 aromatic rings. The van der Waals surface area contributed by atoms with E-state index in [1.165, 1.54) is 37.3 Å². The van der Waals surface area contributed by atoms with Gasteiger partial charge in [-0.3, -0.25) is 13.9 Å². The molecule has 43 heavy (non-hydrogen) atoms. The molecule has 0 bridgehead atoms. The summed E-state index contributed by atoms with van der Waals surface area (Å²) in [7, 11) is -1.36. The quantitative estimate of drug-likeness (QED) is 0.236. The number of hydrogen-bond donors (Lipinski definition) is 1. The fourth-order valence-corrected chi connectivity index (χ4v) is 6.17. The Labute approximate surface area is 255 Å². The standard InChI is InChI=1S/C33H43N3O6S/c1-7-9-20-34-33(38)29(8-2)35(22-26-13-11-10-12-25(26)4)32(37)23-36(27-16-14-24(3)15-17-27)43(39,40)28-18-19-30(41-5)31(21-28)42-6/h10-19,21,29H,7-9,20,22-23H2,1-6H3,(H,34,38). The number of ether oxygens (including phenoxy) is 2. The predicted octanol–water partition coefficient (Wildman–Crippen LogP) is 5.24. The molecule has 0 aromatic heterocycles. The van der Waals surface area contributed by atoms with E-state index in [1.807, 2.05) is 52.0 Å². The van der Waals surface area contributed by atoms with Crippen LogP contribution in [0.3, 0.4) is 0 Å². The van der Waals surface area contributed by atoms with Crippen molar-refractivity contribution in [1.82, 2.24) is 10.2 Å². The lowest BCUT2D eigenvalue weighted by Crippen LogP contribution is -2.52. The van der Waals surface area contributed by atoms with Crippen molar-refractivity contribution >= 4 is 27.5 Å². The number of nitrogens with zero attached hydrogens (tertiary/aromatic N) is 2. The topological polar surface area (TPSA) is 105 Å². The zero-order valence-electron chi connectivity index (χ0n) is 25.9. The molecule has 3 aromatic carbocycles. The minimum absolute atomic E-state index is 0.0617. The number of nitrogens with one attached hydrogen (secondary N) is 1. The molecule has 1 N–H and O–H groups in total. The van der Waals surface area contributed by atoms with E-state index in [1.54, 1.807) is 24.3 Å². The van der Waals surface area contributed by atoms with Gasteiger partial charge in [-0.05, 0) is 62.1 Å². The van der Waals surface area contributed by atoms with Crippen LogP contribution in [0.4, 0.5) is 5.69 Å². The van der Waals surface area contributed by atoms with Crippen LogP contribution in [0.15, 0.2) is 71.6 Å². The lowest BCUT2D eigenvalue weighted by Gasteiger charge is -2.33. The molecule has 1 atom stereocenters. The van der Waals surface area contributed by atoms with Crippen molar-refractivity contribution in [2.24, 2.45) is 0 Å². The highest BCUT2D eigenvalue weighted by Gasteiger charge is 2.34. The van der Waals surface area contributed by atoms with Crippen LogP contribution >= 0.6 is 0 Å². The summed E-state index contributed by atoms with van der Waals surface area (Å²) in [6, 6.07) is 18.1. The van der Waals surface area contributed by atoms with E-state index in [0.717, 1.165) is 33.8 Å².